The van der Waals surface area contributed by atoms with Crippen LogP contribution in [-0.2, 0) is 4.74 Å². The number of piperidine rings is 1. The van der Waals surface area contributed by atoms with Crippen molar-refractivity contribution in [1.82, 2.24) is 4.90 Å². The van der Waals surface area contributed by atoms with Gasteiger partial charge in [0.25, 0.3) is 0 Å². The van der Waals surface area contributed by atoms with Crippen LogP contribution in [0.1, 0.15) is 33.6 Å². The number of ether oxygens (including phenoxy) is 1. The molecule has 2 rings (SSSR count). The van der Waals surface area contributed by atoms with Gasteiger partial charge in [0.05, 0.1) is 5.69 Å². The normalized spacial score (nSPS) is 18.4. The van der Waals surface area contributed by atoms with Gasteiger partial charge in [-0.15, -0.1) is 0 Å². The molecule has 134 valence electrons. The predicted molar refractivity (Wildman–Crippen MR) is 109 cm³/mol. The Kier molecular flexibility index (Phi) is 7.02. The van der Waals surface area contributed by atoms with Gasteiger partial charge >= 0.3 is 6.09 Å². The smallest absolute Gasteiger partial charge is 0.410 e. The van der Waals surface area contributed by atoms with E-state index in [0.717, 1.165) is 51.6 Å². The average Bonchev–Trinajstić information content (AvgIpc) is 2.44. The van der Waals surface area contributed by atoms with E-state index in [4.69, 9.17) is 4.74 Å². The molecule has 24 heavy (non-hydrogen) atoms. The largest absolute Gasteiger partial charge is 0.444 e. The van der Waals surface area contributed by atoms with Gasteiger partial charge in [-0.2, -0.15) is 0 Å². The maximum Gasteiger partial charge on any atom is 0.410 e. The highest BCUT2D eigenvalue weighted by atomic mass is 79.9. The lowest BCUT2D eigenvalue weighted by Crippen LogP contribution is -2.44. The lowest BCUT2D eigenvalue weighted by molar-refractivity contribution is 0.0172. The number of hydrogen-bond acceptors (Lipinski definition) is 3. The number of carbonyl (C=O) groups excluding carboxylic acids is 1. The fourth-order valence-electron chi connectivity index (χ4n) is 2.68. The number of benzene rings is 1. The monoisotopic (exact) mass is 524 g/mol. The highest BCUT2D eigenvalue weighted by Crippen LogP contribution is 2.34. The van der Waals surface area contributed by atoms with Crippen molar-refractivity contribution in [2.24, 2.45) is 5.92 Å². The number of likely N-dealkylation sites (tertiary alicyclic amines) is 1. The molecule has 1 aromatic rings. The van der Waals surface area contributed by atoms with Gasteiger partial charge in [-0.05, 0) is 83.5 Å². The van der Waals surface area contributed by atoms with Gasteiger partial charge in [0, 0.05) is 33.1 Å². The summed E-state index contributed by atoms with van der Waals surface area (Å²) in [6, 6.07) is 4.03. The maximum atomic E-state index is 12.2. The zero-order valence-electron chi connectivity index (χ0n) is 14.2. The van der Waals surface area contributed by atoms with Crippen LogP contribution in [0.3, 0.4) is 0 Å². The summed E-state index contributed by atoms with van der Waals surface area (Å²) < 4.78 is 8.51. The van der Waals surface area contributed by atoms with E-state index in [1.807, 2.05) is 37.8 Å². The summed E-state index contributed by atoms with van der Waals surface area (Å²) in [5.41, 5.74) is 0.586. The van der Waals surface area contributed by atoms with Crippen LogP contribution >= 0.6 is 47.8 Å². The van der Waals surface area contributed by atoms with Crippen LogP contribution in [-0.4, -0.2) is 36.2 Å². The third-order valence-electron chi connectivity index (χ3n) is 3.75. The van der Waals surface area contributed by atoms with Crippen molar-refractivity contribution < 1.29 is 9.53 Å². The zero-order chi connectivity index (χ0) is 17.9. The molecule has 7 heteroatoms. The van der Waals surface area contributed by atoms with Crippen LogP contribution in [0.2, 0.25) is 0 Å². The second-order valence-corrected chi connectivity index (χ2v) is 9.68. The standard InChI is InChI=1S/C17H23Br3N2O2/c1-17(2,3)24-16(23)22-6-4-5-11(10-22)9-21-15-13(19)7-12(18)8-14(15)20/h7-8,11,21H,4-6,9-10H2,1-3H3. The second-order valence-electron chi connectivity index (χ2n) is 7.06. The number of carbonyl (C=O) groups is 1. The Balaban J connectivity index is 1.93. The van der Waals surface area contributed by atoms with Crippen LogP contribution in [0, 0.1) is 5.92 Å². The van der Waals surface area contributed by atoms with E-state index in [1.54, 1.807) is 0 Å². The maximum absolute atomic E-state index is 12.2. The number of nitrogens with one attached hydrogen (secondary N) is 1. The molecule has 1 aliphatic rings. The molecule has 0 radical (unpaired) electrons. The molecular weight excluding hydrogens is 504 g/mol. The highest BCUT2D eigenvalue weighted by Gasteiger charge is 2.27. The van der Waals surface area contributed by atoms with Crippen molar-refractivity contribution in [2.45, 2.75) is 39.2 Å². The van der Waals surface area contributed by atoms with Crippen LogP contribution < -0.4 is 5.32 Å². The van der Waals surface area contributed by atoms with E-state index in [2.05, 4.69) is 53.1 Å². The Hall–Kier alpha value is -0.270. The molecular formula is C17H23Br3N2O2. The van der Waals surface area contributed by atoms with Crippen molar-refractivity contribution in [3.05, 3.63) is 25.6 Å². The quantitative estimate of drug-likeness (QED) is 0.522. The Morgan fingerprint density at radius 1 is 1.29 bits per heavy atom. The molecule has 0 bridgehead atoms. The topological polar surface area (TPSA) is 41.6 Å². The minimum Gasteiger partial charge on any atom is -0.444 e. The summed E-state index contributed by atoms with van der Waals surface area (Å²) in [5.74, 6) is 0.411. The van der Waals surface area contributed by atoms with Gasteiger partial charge in [0.2, 0.25) is 0 Å². The van der Waals surface area contributed by atoms with E-state index in [-0.39, 0.29) is 6.09 Å². The van der Waals surface area contributed by atoms with E-state index in [0.29, 0.717) is 5.92 Å². The third-order valence-corrected chi connectivity index (χ3v) is 5.45. The summed E-state index contributed by atoms with van der Waals surface area (Å²) in [4.78, 5) is 14.1. The van der Waals surface area contributed by atoms with Gasteiger partial charge < -0.3 is 15.0 Å². The van der Waals surface area contributed by atoms with Crippen LogP contribution in [0.15, 0.2) is 25.6 Å². The summed E-state index contributed by atoms with van der Waals surface area (Å²) in [6.07, 6.45) is 1.91. The molecule has 0 spiro atoms. The Morgan fingerprint density at radius 3 is 2.50 bits per heavy atom. The van der Waals surface area contributed by atoms with Crippen molar-refractivity contribution in [1.29, 1.82) is 0 Å². The molecule has 1 aromatic carbocycles. The number of hydrogen-bond donors (Lipinski definition) is 1. The lowest BCUT2D eigenvalue weighted by Gasteiger charge is -2.34. The number of halogens is 3. The Bertz CT molecular complexity index is 579. The fourth-order valence-corrected chi connectivity index (χ4v) is 5.22. The molecule has 1 aliphatic heterocycles. The first-order valence-corrected chi connectivity index (χ1v) is 10.4. The fraction of sp³-hybridized carbons (Fsp3) is 0.588. The SMILES string of the molecule is CC(C)(C)OC(=O)N1CCCC(CNc2c(Br)cc(Br)cc2Br)C1. The van der Waals surface area contributed by atoms with Gasteiger partial charge in [-0.3, -0.25) is 0 Å². The molecule has 4 nitrogen and oxygen atoms in total. The molecule has 1 saturated heterocycles. The van der Waals surface area contributed by atoms with E-state index in [9.17, 15) is 4.79 Å². The van der Waals surface area contributed by atoms with Gasteiger partial charge in [0.1, 0.15) is 5.60 Å². The van der Waals surface area contributed by atoms with Gasteiger partial charge in [-0.1, -0.05) is 15.9 Å². The first kappa shape index (κ1) is 20.0. The first-order chi connectivity index (χ1) is 11.2. The molecule has 1 atom stereocenters. The van der Waals surface area contributed by atoms with E-state index >= 15 is 0 Å². The third kappa shape index (κ3) is 5.92. The molecule has 1 fully saturated rings. The molecule has 0 saturated carbocycles. The number of rotatable bonds is 3. The number of amides is 1. The zero-order valence-corrected chi connectivity index (χ0v) is 18.9. The minimum atomic E-state index is -0.449. The summed E-state index contributed by atoms with van der Waals surface area (Å²) in [6.45, 7) is 8.02. The molecule has 1 heterocycles. The van der Waals surface area contributed by atoms with Gasteiger partial charge in [0.15, 0.2) is 0 Å². The molecule has 1 unspecified atom stereocenters. The minimum absolute atomic E-state index is 0.210. The summed E-state index contributed by atoms with van der Waals surface area (Å²) in [7, 11) is 0. The van der Waals surface area contributed by atoms with Crippen molar-refractivity contribution in [3.8, 4) is 0 Å². The summed E-state index contributed by atoms with van der Waals surface area (Å²) >= 11 is 10.6. The van der Waals surface area contributed by atoms with Crippen LogP contribution in [0.5, 0.6) is 0 Å². The summed E-state index contributed by atoms with van der Waals surface area (Å²) in [5, 5.41) is 3.49. The van der Waals surface area contributed by atoms with E-state index in [1.165, 1.54) is 0 Å². The lowest BCUT2D eigenvalue weighted by atomic mass is 9.98. The highest BCUT2D eigenvalue weighted by molar-refractivity contribution is 9.11. The Morgan fingerprint density at radius 2 is 1.92 bits per heavy atom. The van der Waals surface area contributed by atoms with E-state index < -0.39 is 5.60 Å². The average molecular weight is 527 g/mol. The molecule has 0 aromatic heterocycles. The van der Waals surface area contributed by atoms with Gasteiger partial charge in [-0.25, -0.2) is 4.79 Å². The first-order valence-electron chi connectivity index (χ1n) is 8.02. The predicted octanol–water partition coefficient (Wildman–Crippen LogP) is 6.03. The molecule has 0 aliphatic carbocycles. The van der Waals surface area contributed by atoms with Crippen LogP contribution in [0.25, 0.3) is 0 Å². The van der Waals surface area contributed by atoms with Crippen LogP contribution in [0.4, 0.5) is 10.5 Å². The van der Waals surface area contributed by atoms with Crippen molar-refractivity contribution in [2.75, 3.05) is 25.0 Å². The number of anilines is 1. The number of nitrogens with zero attached hydrogens (tertiary/aromatic N) is 1. The van der Waals surface area contributed by atoms with Crippen molar-refractivity contribution in [3.63, 3.8) is 0 Å². The van der Waals surface area contributed by atoms with Crippen molar-refractivity contribution >= 4 is 59.6 Å². The molecule has 1 amide bonds. The second kappa shape index (κ2) is 8.41. The molecule has 1 N–H and O–H groups in total. The Labute approximate surface area is 169 Å².